The van der Waals surface area contributed by atoms with Gasteiger partial charge < -0.3 is 10.1 Å². The molecule has 0 aliphatic heterocycles. The van der Waals surface area contributed by atoms with Crippen molar-refractivity contribution in [2.24, 2.45) is 0 Å². The molecule has 0 bridgehead atoms. The van der Waals surface area contributed by atoms with Crippen LogP contribution in [-0.2, 0) is 13.0 Å². The van der Waals surface area contributed by atoms with Crippen molar-refractivity contribution in [2.75, 3.05) is 17.3 Å². The predicted molar refractivity (Wildman–Crippen MR) is 113 cm³/mol. The second-order valence-electron chi connectivity index (χ2n) is 7.21. The average molecular weight is 430 g/mol. The van der Waals surface area contributed by atoms with Crippen molar-refractivity contribution in [1.82, 2.24) is 15.2 Å². The van der Waals surface area contributed by atoms with E-state index in [4.69, 9.17) is 16.3 Å². The molecule has 1 aliphatic carbocycles. The van der Waals surface area contributed by atoms with E-state index in [0.717, 1.165) is 29.8 Å². The van der Waals surface area contributed by atoms with E-state index in [1.54, 1.807) is 23.2 Å². The predicted octanol–water partition coefficient (Wildman–Crippen LogP) is 4.89. The van der Waals surface area contributed by atoms with Crippen LogP contribution >= 0.6 is 11.6 Å². The first kappa shape index (κ1) is 20.2. The third-order valence-corrected chi connectivity index (χ3v) is 5.54. The summed E-state index contributed by atoms with van der Waals surface area (Å²) in [6, 6.07) is 7.07. The fourth-order valence-electron chi connectivity index (χ4n) is 3.59. The molecule has 156 valence electrons. The molecule has 0 fully saturated rings. The quantitative estimate of drug-likeness (QED) is 0.604. The minimum Gasteiger partial charge on any atom is -0.481 e. The van der Waals surface area contributed by atoms with E-state index in [-0.39, 0.29) is 11.6 Å². The van der Waals surface area contributed by atoms with Crippen molar-refractivity contribution in [3.05, 3.63) is 64.3 Å². The SMILES string of the molecule is COc1ccc(N(Cc2[nH]nc3c2CCC3C)C(=O)Nc2ccc(F)c(Cl)c2)cn1. The van der Waals surface area contributed by atoms with Crippen LogP contribution in [0.25, 0.3) is 0 Å². The zero-order valence-corrected chi connectivity index (χ0v) is 17.3. The highest BCUT2D eigenvalue weighted by Crippen LogP contribution is 2.34. The summed E-state index contributed by atoms with van der Waals surface area (Å²) in [6.45, 7) is 2.43. The van der Waals surface area contributed by atoms with E-state index in [2.05, 4.69) is 27.4 Å². The lowest BCUT2D eigenvalue weighted by Crippen LogP contribution is -2.35. The van der Waals surface area contributed by atoms with Crippen molar-refractivity contribution in [3.63, 3.8) is 0 Å². The van der Waals surface area contributed by atoms with Gasteiger partial charge in [-0.15, -0.1) is 0 Å². The number of benzene rings is 1. The minimum absolute atomic E-state index is 0.0640. The molecule has 1 unspecified atom stereocenters. The van der Waals surface area contributed by atoms with Crippen molar-refractivity contribution >= 4 is 29.0 Å². The van der Waals surface area contributed by atoms with E-state index < -0.39 is 11.8 Å². The van der Waals surface area contributed by atoms with Crippen LogP contribution in [0, 0.1) is 5.82 Å². The molecule has 1 aromatic carbocycles. The molecule has 0 radical (unpaired) electrons. The topological polar surface area (TPSA) is 83.1 Å². The smallest absolute Gasteiger partial charge is 0.326 e. The molecule has 0 saturated heterocycles. The summed E-state index contributed by atoms with van der Waals surface area (Å²) in [5.41, 5.74) is 4.07. The molecular weight excluding hydrogens is 409 g/mol. The van der Waals surface area contributed by atoms with Crippen molar-refractivity contribution in [2.45, 2.75) is 32.2 Å². The standard InChI is InChI=1S/C21H21ClFN5O2/c1-12-3-6-15-18(26-27-20(12)15)11-28(14-5-8-19(30-2)24-10-14)21(29)25-13-4-7-17(23)16(22)9-13/h4-5,7-10,12H,3,6,11H2,1-2H3,(H,25,29)(H,26,27). The van der Waals surface area contributed by atoms with Crippen LogP contribution in [-0.4, -0.2) is 28.3 Å². The lowest BCUT2D eigenvalue weighted by Gasteiger charge is -2.23. The molecule has 1 aliphatic rings. The van der Waals surface area contributed by atoms with Gasteiger partial charge in [0.1, 0.15) is 5.82 Å². The first-order valence-electron chi connectivity index (χ1n) is 9.56. The highest BCUT2D eigenvalue weighted by atomic mass is 35.5. The Labute approximate surface area is 178 Å². The molecule has 2 aromatic heterocycles. The van der Waals surface area contributed by atoms with Crippen LogP contribution in [0.5, 0.6) is 5.88 Å². The summed E-state index contributed by atoms with van der Waals surface area (Å²) < 4.78 is 18.6. The average Bonchev–Trinajstić information content (AvgIpc) is 3.32. The van der Waals surface area contributed by atoms with Crippen LogP contribution in [0.3, 0.4) is 0 Å². The molecular formula is C21H21ClFN5O2. The number of amides is 2. The lowest BCUT2D eigenvalue weighted by atomic mass is 10.1. The maximum Gasteiger partial charge on any atom is 0.326 e. The number of anilines is 2. The molecule has 7 nitrogen and oxygen atoms in total. The summed E-state index contributed by atoms with van der Waals surface area (Å²) in [6.07, 6.45) is 3.53. The molecule has 2 amide bonds. The second-order valence-corrected chi connectivity index (χ2v) is 7.62. The van der Waals surface area contributed by atoms with E-state index in [1.165, 1.54) is 25.3 Å². The summed E-state index contributed by atoms with van der Waals surface area (Å²) in [7, 11) is 1.53. The van der Waals surface area contributed by atoms with Gasteiger partial charge in [-0.1, -0.05) is 18.5 Å². The maximum absolute atomic E-state index is 13.5. The van der Waals surface area contributed by atoms with Gasteiger partial charge in [0.05, 0.1) is 41.9 Å². The molecule has 30 heavy (non-hydrogen) atoms. The monoisotopic (exact) mass is 429 g/mol. The number of fused-ring (bicyclic) bond motifs is 1. The number of hydrogen-bond donors (Lipinski definition) is 2. The largest absolute Gasteiger partial charge is 0.481 e. The molecule has 0 saturated carbocycles. The van der Waals surface area contributed by atoms with Crippen LogP contribution in [0.4, 0.5) is 20.6 Å². The number of H-pyrrole nitrogens is 1. The van der Waals surface area contributed by atoms with Crippen LogP contribution in [0.1, 0.15) is 36.2 Å². The zero-order chi connectivity index (χ0) is 21.3. The number of carbonyl (C=O) groups excluding carboxylic acids is 1. The number of urea groups is 1. The van der Waals surface area contributed by atoms with Gasteiger partial charge in [0.15, 0.2) is 0 Å². The number of rotatable bonds is 5. The van der Waals surface area contributed by atoms with Gasteiger partial charge in [-0.25, -0.2) is 14.2 Å². The Hall–Kier alpha value is -3.13. The first-order chi connectivity index (χ1) is 14.5. The van der Waals surface area contributed by atoms with Gasteiger partial charge in [-0.05, 0) is 42.7 Å². The number of carbonyl (C=O) groups is 1. The molecule has 1 atom stereocenters. The second kappa shape index (κ2) is 8.31. The third-order valence-electron chi connectivity index (χ3n) is 5.25. The van der Waals surface area contributed by atoms with Crippen molar-refractivity contribution in [1.29, 1.82) is 0 Å². The third kappa shape index (κ3) is 3.95. The van der Waals surface area contributed by atoms with Crippen LogP contribution in [0.15, 0.2) is 36.5 Å². The molecule has 2 N–H and O–H groups in total. The number of halogens is 2. The van der Waals surface area contributed by atoms with E-state index >= 15 is 0 Å². The number of pyridine rings is 1. The fourth-order valence-corrected chi connectivity index (χ4v) is 3.77. The Morgan fingerprint density at radius 2 is 2.23 bits per heavy atom. The number of nitrogens with one attached hydrogen (secondary N) is 2. The Morgan fingerprint density at radius 3 is 2.93 bits per heavy atom. The van der Waals surface area contributed by atoms with Crippen molar-refractivity contribution < 1.29 is 13.9 Å². The number of aromatic amines is 1. The van der Waals surface area contributed by atoms with Crippen LogP contribution < -0.4 is 15.0 Å². The maximum atomic E-state index is 13.5. The number of nitrogens with zero attached hydrogens (tertiary/aromatic N) is 3. The van der Waals surface area contributed by atoms with Crippen molar-refractivity contribution in [3.8, 4) is 5.88 Å². The molecule has 0 spiro atoms. The van der Waals surface area contributed by atoms with E-state index in [1.807, 2.05) is 0 Å². The lowest BCUT2D eigenvalue weighted by molar-refractivity contribution is 0.256. The highest BCUT2D eigenvalue weighted by Gasteiger charge is 2.27. The van der Waals surface area contributed by atoms with Gasteiger partial charge in [0, 0.05) is 17.7 Å². The first-order valence-corrected chi connectivity index (χ1v) is 9.93. The summed E-state index contributed by atoms with van der Waals surface area (Å²) in [5.74, 6) is 0.296. The summed E-state index contributed by atoms with van der Waals surface area (Å²) >= 11 is 5.84. The van der Waals surface area contributed by atoms with Gasteiger partial charge in [-0.3, -0.25) is 10.00 Å². The Kier molecular flexibility index (Phi) is 5.59. The summed E-state index contributed by atoms with van der Waals surface area (Å²) in [4.78, 5) is 18.9. The highest BCUT2D eigenvalue weighted by molar-refractivity contribution is 6.31. The number of methoxy groups -OCH3 is 1. The zero-order valence-electron chi connectivity index (χ0n) is 16.6. The number of hydrogen-bond acceptors (Lipinski definition) is 4. The molecule has 3 aromatic rings. The van der Waals surface area contributed by atoms with E-state index in [0.29, 0.717) is 23.2 Å². The minimum atomic E-state index is -0.548. The van der Waals surface area contributed by atoms with Gasteiger partial charge in [0.2, 0.25) is 5.88 Å². The van der Waals surface area contributed by atoms with E-state index in [9.17, 15) is 9.18 Å². The normalized spacial score (nSPS) is 15.0. The fraction of sp³-hybridized carbons (Fsp3) is 0.286. The molecule has 4 rings (SSSR count). The van der Waals surface area contributed by atoms with Crippen LogP contribution in [0.2, 0.25) is 5.02 Å². The Morgan fingerprint density at radius 1 is 1.40 bits per heavy atom. The Bertz CT molecular complexity index is 1070. The summed E-state index contributed by atoms with van der Waals surface area (Å²) in [5, 5.41) is 10.2. The van der Waals surface area contributed by atoms with Gasteiger partial charge in [0.25, 0.3) is 0 Å². The van der Waals surface area contributed by atoms with Gasteiger partial charge in [-0.2, -0.15) is 5.10 Å². The molecule has 9 heteroatoms. The van der Waals surface area contributed by atoms with Gasteiger partial charge >= 0.3 is 6.03 Å². The number of ether oxygens (including phenoxy) is 1. The number of aromatic nitrogens is 3. The Balaban J connectivity index is 1.63. The molecule has 2 heterocycles.